The van der Waals surface area contributed by atoms with Crippen molar-refractivity contribution in [3.63, 3.8) is 0 Å². The third-order valence-electron chi connectivity index (χ3n) is 6.67. The monoisotopic (exact) mass is 532 g/mol. The first kappa shape index (κ1) is 26.4. The van der Waals surface area contributed by atoms with Gasteiger partial charge < -0.3 is 24.7 Å². The van der Waals surface area contributed by atoms with Crippen LogP contribution in [0.25, 0.3) is 0 Å². The molecule has 4 aromatic carbocycles. The van der Waals surface area contributed by atoms with E-state index in [0.717, 1.165) is 22.3 Å². The van der Waals surface area contributed by atoms with Crippen LogP contribution in [0.3, 0.4) is 0 Å². The number of carbonyl (C=O) groups excluding carboxylic acids is 1. The van der Waals surface area contributed by atoms with Crippen LogP contribution >= 0.6 is 0 Å². The molecule has 7 nitrogen and oxygen atoms in total. The van der Waals surface area contributed by atoms with Gasteiger partial charge in [-0.2, -0.15) is 5.26 Å². The number of methoxy groups -OCH3 is 1. The molecular weight excluding hydrogens is 504 g/mol. The van der Waals surface area contributed by atoms with Crippen molar-refractivity contribution in [1.82, 2.24) is 0 Å². The van der Waals surface area contributed by atoms with Crippen LogP contribution in [0, 0.1) is 18.3 Å². The minimum atomic E-state index is -0.441. The van der Waals surface area contributed by atoms with Gasteiger partial charge in [0.2, 0.25) is 5.88 Å². The van der Waals surface area contributed by atoms with Crippen molar-refractivity contribution in [3.05, 3.63) is 130 Å². The van der Waals surface area contributed by atoms with E-state index in [2.05, 4.69) is 18.2 Å². The Labute approximate surface area is 233 Å². The molecule has 7 heteroatoms. The molecule has 0 spiro atoms. The number of fused-ring (bicyclic) bond motifs is 1. The zero-order valence-electron chi connectivity index (χ0n) is 22.2. The van der Waals surface area contributed by atoms with Gasteiger partial charge in [0.15, 0.2) is 0 Å². The summed E-state index contributed by atoms with van der Waals surface area (Å²) in [5.74, 6) is 1.33. The number of hydrogen-bond acceptors (Lipinski definition) is 7. The Morgan fingerprint density at radius 3 is 2.23 bits per heavy atom. The Balaban J connectivity index is 1.32. The van der Waals surface area contributed by atoms with Gasteiger partial charge in [-0.3, -0.25) is 4.79 Å². The van der Waals surface area contributed by atoms with Crippen molar-refractivity contribution in [2.24, 2.45) is 5.73 Å². The highest BCUT2D eigenvalue weighted by Crippen LogP contribution is 2.43. The molecule has 1 aliphatic rings. The molecule has 0 amide bonds. The number of nitriles is 1. The highest BCUT2D eigenvalue weighted by Gasteiger charge is 2.31. The van der Waals surface area contributed by atoms with Crippen LogP contribution in [-0.2, 0) is 17.8 Å². The maximum absolute atomic E-state index is 12.6. The molecule has 0 aliphatic carbocycles. The number of allylic oxidation sites excluding steroid dienone is 1. The van der Waals surface area contributed by atoms with E-state index in [9.17, 15) is 10.1 Å². The molecule has 1 heterocycles. The quantitative estimate of drug-likeness (QED) is 0.221. The van der Waals surface area contributed by atoms with Crippen LogP contribution in [0.4, 0.5) is 0 Å². The molecular formula is C33H28N2O5. The lowest BCUT2D eigenvalue weighted by Crippen LogP contribution is -2.21. The first-order valence-corrected chi connectivity index (χ1v) is 12.8. The van der Waals surface area contributed by atoms with Crippen molar-refractivity contribution in [1.29, 1.82) is 5.26 Å². The minimum absolute atomic E-state index is 0.0152. The fourth-order valence-corrected chi connectivity index (χ4v) is 4.53. The van der Waals surface area contributed by atoms with Gasteiger partial charge >= 0.3 is 5.97 Å². The molecule has 0 fully saturated rings. The van der Waals surface area contributed by atoms with Gasteiger partial charge in [-0.15, -0.1) is 0 Å². The van der Waals surface area contributed by atoms with Gasteiger partial charge in [0.25, 0.3) is 0 Å². The molecule has 1 unspecified atom stereocenters. The summed E-state index contributed by atoms with van der Waals surface area (Å²) in [6.07, 6.45) is 0.101. The SMILES string of the molecule is COc1ccc(CC(=O)Oc2ccc3c(c2)OC(N)=C(C#N)C3c2ccc(OCc3ccc(C)cc3)cc2)cc1. The molecule has 0 saturated carbocycles. The smallest absolute Gasteiger partial charge is 0.315 e. The van der Waals surface area contributed by atoms with E-state index in [4.69, 9.17) is 24.7 Å². The average Bonchev–Trinajstić information content (AvgIpc) is 2.97. The molecule has 0 radical (unpaired) electrons. The van der Waals surface area contributed by atoms with Crippen molar-refractivity contribution >= 4 is 5.97 Å². The lowest BCUT2D eigenvalue weighted by atomic mass is 9.83. The average molecular weight is 533 g/mol. The first-order valence-electron chi connectivity index (χ1n) is 12.8. The van der Waals surface area contributed by atoms with Crippen LogP contribution in [0.2, 0.25) is 0 Å². The van der Waals surface area contributed by atoms with Crippen molar-refractivity contribution in [2.75, 3.05) is 7.11 Å². The number of rotatable bonds is 8. The summed E-state index contributed by atoms with van der Waals surface area (Å²) >= 11 is 0. The second-order valence-electron chi connectivity index (χ2n) is 9.47. The van der Waals surface area contributed by atoms with E-state index in [1.165, 1.54) is 5.56 Å². The number of nitrogens with two attached hydrogens (primary N) is 1. The third-order valence-corrected chi connectivity index (χ3v) is 6.67. The molecule has 1 atom stereocenters. The maximum atomic E-state index is 12.6. The number of aryl methyl sites for hydroxylation is 1. The number of ether oxygens (including phenoxy) is 4. The summed E-state index contributed by atoms with van der Waals surface area (Å²) in [6.45, 7) is 2.50. The Morgan fingerprint density at radius 1 is 0.900 bits per heavy atom. The predicted molar refractivity (Wildman–Crippen MR) is 150 cm³/mol. The summed E-state index contributed by atoms with van der Waals surface area (Å²) in [5, 5.41) is 9.88. The van der Waals surface area contributed by atoms with Crippen LogP contribution in [0.5, 0.6) is 23.0 Å². The minimum Gasteiger partial charge on any atom is -0.497 e. The third kappa shape index (κ3) is 5.92. The van der Waals surface area contributed by atoms with E-state index in [0.29, 0.717) is 35.2 Å². The molecule has 0 saturated heterocycles. The number of hydrogen-bond donors (Lipinski definition) is 1. The molecule has 40 heavy (non-hydrogen) atoms. The van der Waals surface area contributed by atoms with Gasteiger partial charge in [0, 0.05) is 11.6 Å². The summed E-state index contributed by atoms with van der Waals surface area (Å²) in [6, 6.07) is 30.3. The summed E-state index contributed by atoms with van der Waals surface area (Å²) in [7, 11) is 1.59. The highest BCUT2D eigenvalue weighted by molar-refractivity contribution is 5.75. The van der Waals surface area contributed by atoms with Gasteiger partial charge in [-0.1, -0.05) is 60.2 Å². The fourth-order valence-electron chi connectivity index (χ4n) is 4.53. The highest BCUT2D eigenvalue weighted by atomic mass is 16.5. The van der Waals surface area contributed by atoms with Crippen LogP contribution in [0.1, 0.15) is 33.7 Å². The number of benzene rings is 4. The fraction of sp³-hybridized carbons (Fsp3) is 0.152. The normalized spacial score (nSPS) is 14.0. The van der Waals surface area contributed by atoms with Gasteiger partial charge in [0.05, 0.1) is 19.4 Å². The van der Waals surface area contributed by atoms with Gasteiger partial charge in [-0.25, -0.2) is 0 Å². The molecule has 2 N–H and O–H groups in total. The topological polar surface area (TPSA) is 104 Å². The Morgan fingerprint density at radius 2 is 1.55 bits per heavy atom. The second-order valence-corrected chi connectivity index (χ2v) is 9.47. The Hall–Kier alpha value is -5.22. The lowest BCUT2D eigenvalue weighted by molar-refractivity contribution is -0.133. The van der Waals surface area contributed by atoms with Crippen LogP contribution in [-0.4, -0.2) is 13.1 Å². The first-order chi connectivity index (χ1) is 19.4. The van der Waals surface area contributed by atoms with E-state index in [1.54, 1.807) is 37.4 Å². The molecule has 1 aliphatic heterocycles. The summed E-state index contributed by atoms with van der Waals surface area (Å²) in [5.41, 5.74) is 11.1. The molecule has 200 valence electrons. The van der Waals surface area contributed by atoms with Crippen LogP contribution in [0.15, 0.2) is 102 Å². The van der Waals surface area contributed by atoms with E-state index >= 15 is 0 Å². The van der Waals surface area contributed by atoms with Gasteiger partial charge in [0.1, 0.15) is 41.2 Å². The van der Waals surface area contributed by atoms with Crippen molar-refractivity contribution in [3.8, 4) is 29.1 Å². The zero-order chi connectivity index (χ0) is 28.1. The number of carbonyl (C=O) groups is 1. The molecule has 4 aromatic rings. The van der Waals surface area contributed by atoms with Gasteiger partial charge in [-0.05, 0) is 53.9 Å². The zero-order valence-corrected chi connectivity index (χ0v) is 22.2. The van der Waals surface area contributed by atoms with Crippen molar-refractivity contribution < 1.29 is 23.7 Å². The van der Waals surface area contributed by atoms with Crippen LogP contribution < -0.4 is 24.7 Å². The Bertz CT molecular complexity index is 1580. The molecule has 5 rings (SSSR count). The molecule has 0 bridgehead atoms. The molecule has 0 aromatic heterocycles. The van der Waals surface area contributed by atoms with E-state index < -0.39 is 11.9 Å². The second kappa shape index (κ2) is 11.7. The van der Waals surface area contributed by atoms with E-state index in [-0.39, 0.29) is 12.3 Å². The summed E-state index contributed by atoms with van der Waals surface area (Å²) in [4.78, 5) is 12.6. The van der Waals surface area contributed by atoms with Crippen molar-refractivity contribution in [2.45, 2.75) is 25.9 Å². The number of esters is 1. The largest absolute Gasteiger partial charge is 0.497 e. The Kier molecular flexibility index (Phi) is 7.70. The standard InChI is InChI=1S/C33H28N2O5/c1-21-3-5-23(6-4-21)20-38-26-13-9-24(10-14-26)32-28-16-15-27(18-30(28)40-33(35)29(32)19-34)39-31(36)17-22-7-11-25(37-2)12-8-22/h3-16,18,32H,17,20,35H2,1-2H3. The predicted octanol–water partition coefficient (Wildman–Crippen LogP) is 5.95. The van der Waals surface area contributed by atoms with E-state index in [1.807, 2.05) is 55.5 Å². The maximum Gasteiger partial charge on any atom is 0.315 e. The summed E-state index contributed by atoms with van der Waals surface area (Å²) < 4.78 is 22.4. The lowest BCUT2D eigenvalue weighted by Gasteiger charge is -2.26. The number of nitrogens with zero attached hydrogens (tertiary/aromatic N) is 1.